The molecule has 0 saturated carbocycles. The van der Waals surface area contributed by atoms with Crippen LogP contribution in [0.3, 0.4) is 0 Å². The van der Waals surface area contributed by atoms with E-state index in [1.807, 2.05) is 0 Å². The summed E-state index contributed by atoms with van der Waals surface area (Å²) >= 11 is 6.08. The average molecular weight is 300 g/mol. The Morgan fingerprint density at radius 3 is 2.55 bits per heavy atom. The van der Waals surface area contributed by atoms with Gasteiger partial charge >= 0.3 is 5.97 Å². The molecule has 0 aliphatic carbocycles. The van der Waals surface area contributed by atoms with Crippen LogP contribution in [-0.4, -0.2) is 41.6 Å². The topological polar surface area (TPSA) is 66.8 Å². The maximum absolute atomic E-state index is 12.3. The molecule has 1 N–H and O–H groups in total. The Morgan fingerprint density at radius 2 is 2.05 bits per heavy atom. The molecular weight excluding hydrogens is 282 g/mol. The second-order valence-electron chi connectivity index (χ2n) is 4.61. The molecule has 1 aromatic carbocycles. The van der Waals surface area contributed by atoms with Crippen molar-refractivity contribution in [2.75, 3.05) is 13.7 Å². The maximum atomic E-state index is 12.3. The Labute approximate surface area is 123 Å². The quantitative estimate of drug-likeness (QED) is 0.874. The van der Waals surface area contributed by atoms with Crippen LogP contribution in [0.1, 0.15) is 19.4 Å². The lowest BCUT2D eigenvalue weighted by Gasteiger charge is -2.25. The third-order valence-electron chi connectivity index (χ3n) is 2.87. The van der Waals surface area contributed by atoms with E-state index in [9.17, 15) is 9.59 Å². The van der Waals surface area contributed by atoms with Crippen LogP contribution < -0.4 is 4.74 Å². The van der Waals surface area contributed by atoms with Crippen LogP contribution in [-0.2, 0) is 16.0 Å². The molecule has 1 aromatic rings. The molecule has 0 aliphatic rings. The molecule has 0 aromatic heterocycles. The van der Waals surface area contributed by atoms with Gasteiger partial charge in [0.05, 0.1) is 13.5 Å². The van der Waals surface area contributed by atoms with Gasteiger partial charge in [0.25, 0.3) is 0 Å². The zero-order chi connectivity index (χ0) is 15.3. The Hall–Kier alpha value is -1.75. The van der Waals surface area contributed by atoms with Crippen LogP contribution in [0.5, 0.6) is 5.75 Å². The molecule has 0 fully saturated rings. The van der Waals surface area contributed by atoms with Crippen molar-refractivity contribution in [1.29, 1.82) is 0 Å². The number of carboxylic acids is 1. The number of amides is 1. The number of halogens is 1. The van der Waals surface area contributed by atoms with Gasteiger partial charge in [0.1, 0.15) is 12.3 Å². The number of carbonyl (C=O) groups excluding carboxylic acids is 1. The number of ether oxygens (including phenoxy) is 1. The molecule has 0 bridgehead atoms. The van der Waals surface area contributed by atoms with Crippen molar-refractivity contribution in [3.8, 4) is 5.75 Å². The normalized spacial score (nSPS) is 10.4. The number of hydrogen-bond donors (Lipinski definition) is 1. The Bertz CT molecular complexity index is 502. The van der Waals surface area contributed by atoms with Crippen LogP contribution >= 0.6 is 11.6 Å². The standard InChI is InChI=1S/C14H18ClNO4/c1-9(2)16(8-14(18)19)13(17)7-10-11(15)5-4-6-12(10)20-3/h4-6,9H,7-8H2,1-3H3,(H,18,19). The highest BCUT2D eigenvalue weighted by Gasteiger charge is 2.22. The van der Waals surface area contributed by atoms with E-state index in [-0.39, 0.29) is 24.9 Å². The zero-order valence-corrected chi connectivity index (χ0v) is 12.5. The Kier molecular flexibility index (Phi) is 5.82. The summed E-state index contributed by atoms with van der Waals surface area (Å²) < 4.78 is 5.18. The van der Waals surface area contributed by atoms with Crippen molar-refractivity contribution in [3.05, 3.63) is 28.8 Å². The smallest absolute Gasteiger partial charge is 0.323 e. The van der Waals surface area contributed by atoms with E-state index in [1.165, 1.54) is 12.0 Å². The molecule has 0 saturated heterocycles. The van der Waals surface area contributed by atoms with Crippen LogP contribution in [0, 0.1) is 0 Å². The number of rotatable bonds is 6. The lowest BCUT2D eigenvalue weighted by molar-refractivity contribution is -0.145. The molecule has 20 heavy (non-hydrogen) atoms. The van der Waals surface area contributed by atoms with Crippen molar-refractivity contribution in [3.63, 3.8) is 0 Å². The van der Waals surface area contributed by atoms with E-state index in [0.29, 0.717) is 16.3 Å². The van der Waals surface area contributed by atoms with Crippen molar-refractivity contribution in [2.24, 2.45) is 0 Å². The number of aliphatic carboxylic acids is 1. The third-order valence-corrected chi connectivity index (χ3v) is 3.23. The summed E-state index contributed by atoms with van der Waals surface area (Å²) in [5.74, 6) is -0.822. The highest BCUT2D eigenvalue weighted by atomic mass is 35.5. The first-order chi connectivity index (χ1) is 9.36. The van der Waals surface area contributed by atoms with Gasteiger partial charge < -0.3 is 14.7 Å². The molecular formula is C14H18ClNO4. The highest BCUT2D eigenvalue weighted by Crippen LogP contribution is 2.27. The fraction of sp³-hybridized carbons (Fsp3) is 0.429. The second-order valence-corrected chi connectivity index (χ2v) is 5.01. The van der Waals surface area contributed by atoms with Crippen molar-refractivity contribution < 1.29 is 19.4 Å². The average Bonchev–Trinajstić information content (AvgIpc) is 2.37. The lowest BCUT2D eigenvalue weighted by atomic mass is 10.1. The Balaban J connectivity index is 2.96. The van der Waals surface area contributed by atoms with Gasteiger partial charge in [0.2, 0.25) is 5.91 Å². The van der Waals surface area contributed by atoms with Crippen LogP contribution in [0.15, 0.2) is 18.2 Å². The molecule has 6 heteroatoms. The summed E-state index contributed by atoms with van der Waals surface area (Å²) in [6.45, 7) is 3.21. The summed E-state index contributed by atoms with van der Waals surface area (Å²) in [6.07, 6.45) is 0.00824. The van der Waals surface area contributed by atoms with Crippen molar-refractivity contribution in [2.45, 2.75) is 26.3 Å². The second kappa shape index (κ2) is 7.14. The summed E-state index contributed by atoms with van der Waals surface area (Å²) in [6, 6.07) is 4.91. The molecule has 110 valence electrons. The lowest BCUT2D eigenvalue weighted by Crippen LogP contribution is -2.41. The maximum Gasteiger partial charge on any atom is 0.323 e. The predicted molar refractivity (Wildman–Crippen MR) is 76.2 cm³/mol. The largest absolute Gasteiger partial charge is 0.496 e. The highest BCUT2D eigenvalue weighted by molar-refractivity contribution is 6.31. The van der Waals surface area contributed by atoms with E-state index in [0.717, 1.165) is 0 Å². The molecule has 5 nitrogen and oxygen atoms in total. The Morgan fingerprint density at radius 1 is 1.40 bits per heavy atom. The number of methoxy groups -OCH3 is 1. The zero-order valence-electron chi connectivity index (χ0n) is 11.7. The first-order valence-corrected chi connectivity index (χ1v) is 6.57. The number of benzene rings is 1. The molecule has 0 spiro atoms. The van der Waals surface area contributed by atoms with Gasteiger partial charge in [-0.05, 0) is 26.0 Å². The number of carbonyl (C=O) groups is 2. The van der Waals surface area contributed by atoms with Crippen molar-refractivity contribution in [1.82, 2.24) is 4.90 Å². The minimum atomic E-state index is -1.04. The molecule has 0 radical (unpaired) electrons. The first-order valence-electron chi connectivity index (χ1n) is 6.19. The van der Waals surface area contributed by atoms with Gasteiger partial charge in [-0.1, -0.05) is 17.7 Å². The first kappa shape index (κ1) is 16.3. The van der Waals surface area contributed by atoms with Gasteiger partial charge in [-0.25, -0.2) is 0 Å². The third kappa shape index (κ3) is 4.13. The van der Waals surface area contributed by atoms with E-state index in [1.54, 1.807) is 32.0 Å². The number of hydrogen-bond acceptors (Lipinski definition) is 3. The molecule has 0 atom stereocenters. The molecule has 1 rings (SSSR count). The fourth-order valence-electron chi connectivity index (χ4n) is 1.86. The number of nitrogens with zero attached hydrogens (tertiary/aromatic N) is 1. The molecule has 0 aliphatic heterocycles. The van der Waals surface area contributed by atoms with E-state index in [4.69, 9.17) is 21.4 Å². The minimum absolute atomic E-state index is 0.00824. The SMILES string of the molecule is COc1cccc(Cl)c1CC(=O)N(CC(=O)O)C(C)C. The van der Waals surface area contributed by atoms with Gasteiger partial charge in [0.15, 0.2) is 0 Å². The summed E-state index contributed by atoms with van der Waals surface area (Å²) in [5.41, 5.74) is 0.567. The summed E-state index contributed by atoms with van der Waals surface area (Å²) in [7, 11) is 1.50. The fourth-order valence-corrected chi connectivity index (χ4v) is 2.09. The number of carboxylic acid groups (broad SMARTS) is 1. The predicted octanol–water partition coefficient (Wildman–Crippen LogP) is 2.21. The minimum Gasteiger partial charge on any atom is -0.496 e. The van der Waals surface area contributed by atoms with Gasteiger partial charge in [-0.15, -0.1) is 0 Å². The summed E-state index contributed by atoms with van der Waals surface area (Å²) in [4.78, 5) is 24.4. The van der Waals surface area contributed by atoms with Crippen LogP contribution in [0.2, 0.25) is 5.02 Å². The molecule has 0 heterocycles. The summed E-state index contributed by atoms with van der Waals surface area (Å²) in [5, 5.41) is 9.29. The monoisotopic (exact) mass is 299 g/mol. The molecule has 0 unspecified atom stereocenters. The van der Waals surface area contributed by atoms with E-state index in [2.05, 4.69) is 0 Å². The van der Waals surface area contributed by atoms with E-state index >= 15 is 0 Å². The van der Waals surface area contributed by atoms with Crippen LogP contribution in [0.25, 0.3) is 0 Å². The van der Waals surface area contributed by atoms with Crippen molar-refractivity contribution >= 4 is 23.5 Å². The van der Waals surface area contributed by atoms with Crippen LogP contribution in [0.4, 0.5) is 0 Å². The van der Waals surface area contributed by atoms with Gasteiger partial charge in [0, 0.05) is 16.6 Å². The van der Waals surface area contributed by atoms with Gasteiger partial charge in [-0.3, -0.25) is 9.59 Å². The molecule has 1 amide bonds. The van der Waals surface area contributed by atoms with Gasteiger partial charge in [-0.2, -0.15) is 0 Å². The van der Waals surface area contributed by atoms with E-state index < -0.39 is 5.97 Å².